The first kappa shape index (κ1) is 3.42. The van der Waals surface area contributed by atoms with Crippen molar-refractivity contribution in [1.82, 2.24) is 0 Å². The molecule has 2 bridgehead atoms. The van der Waals surface area contributed by atoms with E-state index in [2.05, 4.69) is 11.1 Å². The molecule has 0 saturated carbocycles. The lowest BCUT2D eigenvalue weighted by atomic mass is 10.2. The fourth-order valence-corrected chi connectivity index (χ4v) is 1.15. The average molecular weight is 93.1 g/mol. The Bertz CT molecular complexity index is 144. The number of dihydropyridines is 1. The third kappa shape index (κ3) is 0.350. The highest BCUT2D eigenvalue weighted by molar-refractivity contribution is 5.82. The van der Waals surface area contributed by atoms with Gasteiger partial charge in [0.15, 0.2) is 0 Å². The quantitative estimate of drug-likeness (QED) is 0.426. The van der Waals surface area contributed by atoms with Crippen molar-refractivity contribution in [2.45, 2.75) is 18.9 Å². The molecule has 0 amide bonds. The van der Waals surface area contributed by atoms with E-state index in [9.17, 15) is 0 Å². The number of nitrogens with zero attached hydrogens (tertiary/aromatic N) is 1. The minimum Gasteiger partial charge on any atom is -0.289 e. The molecule has 0 aromatic carbocycles. The van der Waals surface area contributed by atoms with Gasteiger partial charge in [0.2, 0.25) is 0 Å². The summed E-state index contributed by atoms with van der Waals surface area (Å²) in [6.45, 7) is 0. The number of rotatable bonds is 0. The zero-order valence-electron chi connectivity index (χ0n) is 4.09. The van der Waals surface area contributed by atoms with E-state index in [0.29, 0.717) is 6.04 Å². The summed E-state index contributed by atoms with van der Waals surface area (Å²) in [6, 6.07) is 0.648. The summed E-state index contributed by atoms with van der Waals surface area (Å²) in [7, 11) is 0. The lowest BCUT2D eigenvalue weighted by Crippen LogP contribution is -1.90. The summed E-state index contributed by atoms with van der Waals surface area (Å²) in [5.74, 6) is 0. The molecule has 2 aliphatic rings. The van der Waals surface area contributed by atoms with E-state index in [1.54, 1.807) is 0 Å². The average Bonchev–Trinajstić information content (AvgIpc) is 2.22. The molecular weight excluding hydrogens is 86.1 g/mol. The van der Waals surface area contributed by atoms with Crippen molar-refractivity contribution < 1.29 is 0 Å². The second kappa shape index (κ2) is 0.971. The predicted octanol–water partition coefficient (Wildman–Crippen LogP) is 1.16. The van der Waals surface area contributed by atoms with Gasteiger partial charge >= 0.3 is 0 Å². The maximum Gasteiger partial charge on any atom is 0.0575 e. The SMILES string of the molecule is C1=NC2CC=C1C2. The van der Waals surface area contributed by atoms with Crippen molar-refractivity contribution in [3.8, 4) is 0 Å². The van der Waals surface area contributed by atoms with Crippen LogP contribution < -0.4 is 0 Å². The Morgan fingerprint density at radius 2 is 2.71 bits per heavy atom. The Labute approximate surface area is 42.8 Å². The molecule has 0 spiro atoms. The van der Waals surface area contributed by atoms with Crippen LogP contribution in [0.4, 0.5) is 0 Å². The molecule has 1 atom stereocenters. The summed E-state index contributed by atoms with van der Waals surface area (Å²) in [6.07, 6.45) is 6.69. The van der Waals surface area contributed by atoms with Crippen LogP contribution in [-0.2, 0) is 0 Å². The van der Waals surface area contributed by atoms with Gasteiger partial charge in [-0.15, -0.1) is 0 Å². The molecule has 1 aliphatic carbocycles. The molecule has 36 valence electrons. The second-order valence-electron chi connectivity index (χ2n) is 2.15. The van der Waals surface area contributed by atoms with Gasteiger partial charge in [0.05, 0.1) is 6.04 Å². The second-order valence-corrected chi connectivity index (χ2v) is 2.15. The Morgan fingerprint density at radius 1 is 1.71 bits per heavy atom. The normalized spacial score (nSPS) is 34.3. The molecule has 0 radical (unpaired) electrons. The van der Waals surface area contributed by atoms with Crippen molar-refractivity contribution in [2.75, 3.05) is 0 Å². The van der Waals surface area contributed by atoms with Crippen LogP contribution in [0.5, 0.6) is 0 Å². The Hall–Kier alpha value is -0.590. The van der Waals surface area contributed by atoms with Gasteiger partial charge < -0.3 is 0 Å². The van der Waals surface area contributed by atoms with Crippen LogP contribution in [-0.4, -0.2) is 12.3 Å². The minimum atomic E-state index is 0.648. The molecule has 7 heavy (non-hydrogen) atoms. The number of hydrogen-bond acceptors (Lipinski definition) is 1. The van der Waals surface area contributed by atoms with E-state index in [4.69, 9.17) is 0 Å². The molecule has 1 aliphatic heterocycles. The lowest BCUT2D eigenvalue weighted by Gasteiger charge is -1.92. The number of aliphatic imine (C=N–C) groups is 1. The number of hydrogen-bond donors (Lipinski definition) is 0. The van der Waals surface area contributed by atoms with Crippen LogP contribution in [0.3, 0.4) is 0 Å². The molecule has 1 heterocycles. The lowest BCUT2D eigenvalue weighted by molar-refractivity contribution is 0.753. The van der Waals surface area contributed by atoms with Crippen LogP contribution in [0.25, 0.3) is 0 Å². The first-order valence-corrected chi connectivity index (χ1v) is 2.67. The summed E-state index contributed by atoms with van der Waals surface area (Å²) in [5, 5.41) is 0. The van der Waals surface area contributed by atoms with E-state index < -0.39 is 0 Å². The van der Waals surface area contributed by atoms with Crippen LogP contribution in [0.2, 0.25) is 0 Å². The van der Waals surface area contributed by atoms with E-state index in [-0.39, 0.29) is 0 Å². The van der Waals surface area contributed by atoms with Crippen LogP contribution in [0.1, 0.15) is 12.8 Å². The van der Waals surface area contributed by atoms with Crippen molar-refractivity contribution >= 4 is 6.21 Å². The maximum absolute atomic E-state index is 4.21. The van der Waals surface area contributed by atoms with E-state index in [1.165, 1.54) is 18.4 Å². The van der Waals surface area contributed by atoms with Crippen LogP contribution in [0, 0.1) is 0 Å². The fraction of sp³-hybridized carbons (Fsp3) is 0.500. The van der Waals surface area contributed by atoms with Crippen LogP contribution >= 0.6 is 0 Å². The van der Waals surface area contributed by atoms with E-state index >= 15 is 0 Å². The summed E-state index contributed by atoms with van der Waals surface area (Å²) in [4.78, 5) is 4.21. The summed E-state index contributed by atoms with van der Waals surface area (Å²) in [5.41, 5.74) is 1.45. The molecule has 0 aromatic heterocycles. The molecule has 0 N–H and O–H groups in total. The Morgan fingerprint density at radius 3 is 2.86 bits per heavy atom. The van der Waals surface area contributed by atoms with Crippen LogP contribution in [0.15, 0.2) is 16.6 Å². The van der Waals surface area contributed by atoms with Gasteiger partial charge in [0.25, 0.3) is 0 Å². The van der Waals surface area contributed by atoms with Gasteiger partial charge in [-0.2, -0.15) is 0 Å². The Balaban J connectivity index is 2.45. The Kier molecular flexibility index (Phi) is 0.474. The highest BCUT2D eigenvalue weighted by Crippen LogP contribution is 2.25. The van der Waals surface area contributed by atoms with Gasteiger partial charge in [0.1, 0.15) is 0 Å². The molecule has 1 unspecified atom stereocenters. The monoisotopic (exact) mass is 93.1 g/mol. The van der Waals surface area contributed by atoms with Gasteiger partial charge in [-0.3, -0.25) is 4.99 Å². The topological polar surface area (TPSA) is 12.4 Å². The highest BCUT2D eigenvalue weighted by Gasteiger charge is 2.18. The first-order chi connectivity index (χ1) is 3.45. The van der Waals surface area contributed by atoms with Crippen molar-refractivity contribution in [3.05, 3.63) is 11.6 Å². The van der Waals surface area contributed by atoms with Crippen molar-refractivity contribution in [1.29, 1.82) is 0 Å². The molecule has 2 rings (SSSR count). The van der Waals surface area contributed by atoms with Gasteiger partial charge in [-0.1, -0.05) is 6.08 Å². The zero-order valence-corrected chi connectivity index (χ0v) is 4.09. The minimum absolute atomic E-state index is 0.648. The van der Waals surface area contributed by atoms with Crippen molar-refractivity contribution in [2.24, 2.45) is 4.99 Å². The smallest absolute Gasteiger partial charge is 0.0575 e. The molecule has 0 saturated heterocycles. The highest BCUT2D eigenvalue weighted by atomic mass is 14.8. The van der Waals surface area contributed by atoms with Crippen molar-refractivity contribution in [3.63, 3.8) is 0 Å². The number of fused-ring (bicyclic) bond motifs is 2. The maximum atomic E-state index is 4.21. The van der Waals surface area contributed by atoms with Gasteiger partial charge in [-0.25, -0.2) is 0 Å². The summed E-state index contributed by atoms with van der Waals surface area (Å²) >= 11 is 0. The molecule has 0 aromatic rings. The predicted molar refractivity (Wildman–Crippen MR) is 29.6 cm³/mol. The fourth-order valence-electron chi connectivity index (χ4n) is 1.15. The van der Waals surface area contributed by atoms with Gasteiger partial charge in [0, 0.05) is 6.21 Å². The van der Waals surface area contributed by atoms with E-state index in [0.717, 1.165) is 0 Å². The first-order valence-electron chi connectivity index (χ1n) is 2.67. The molecule has 0 fully saturated rings. The third-order valence-electron chi connectivity index (χ3n) is 1.57. The molecular formula is C6H7N. The zero-order chi connectivity index (χ0) is 4.69. The largest absolute Gasteiger partial charge is 0.289 e. The van der Waals surface area contributed by atoms with E-state index in [1.807, 2.05) is 6.21 Å². The van der Waals surface area contributed by atoms with Gasteiger partial charge in [-0.05, 0) is 18.4 Å². The molecule has 1 nitrogen and oxygen atoms in total. The molecule has 1 heteroatoms. The standard InChI is InChI=1S/C6H7N/c1-2-6-3-5(1)4-7-6/h1,4,6H,2-3H2. The summed E-state index contributed by atoms with van der Waals surface area (Å²) < 4.78 is 0. The third-order valence-corrected chi connectivity index (χ3v) is 1.57.